The molecule has 1 saturated heterocycles. The highest BCUT2D eigenvalue weighted by atomic mass is 19.4. The van der Waals surface area contributed by atoms with Gasteiger partial charge in [0.2, 0.25) is 0 Å². The highest BCUT2D eigenvalue weighted by Gasteiger charge is 2.33. The Labute approximate surface area is 125 Å². The second-order valence-electron chi connectivity index (χ2n) is 4.98. The zero-order valence-corrected chi connectivity index (χ0v) is 11.9. The Kier molecular flexibility index (Phi) is 4.80. The van der Waals surface area contributed by atoms with Crippen molar-refractivity contribution in [2.75, 3.05) is 31.7 Å². The van der Waals surface area contributed by atoms with Crippen molar-refractivity contribution >= 4 is 11.7 Å². The number of carboxylic acid groups (broad SMARTS) is 1. The number of alkyl halides is 3. The first kappa shape index (κ1) is 16.4. The molecular weight excluding hydrogens is 303 g/mol. The van der Waals surface area contributed by atoms with Crippen LogP contribution < -0.4 is 9.64 Å². The minimum Gasteiger partial charge on any atom is -0.497 e. The summed E-state index contributed by atoms with van der Waals surface area (Å²) in [7, 11) is 1.31. The van der Waals surface area contributed by atoms with Crippen LogP contribution in [0.1, 0.15) is 12.0 Å². The van der Waals surface area contributed by atoms with Crippen LogP contribution >= 0.6 is 0 Å². The van der Waals surface area contributed by atoms with Crippen molar-refractivity contribution in [3.63, 3.8) is 0 Å². The molecule has 1 N–H and O–H groups in total. The van der Waals surface area contributed by atoms with Crippen LogP contribution in [0.3, 0.4) is 0 Å². The highest BCUT2D eigenvalue weighted by molar-refractivity contribution is 5.68. The maximum Gasteiger partial charge on any atom is 0.416 e. The van der Waals surface area contributed by atoms with E-state index in [0.29, 0.717) is 25.2 Å². The third-order valence-corrected chi connectivity index (χ3v) is 3.41. The molecule has 22 heavy (non-hydrogen) atoms. The average Bonchev–Trinajstić information content (AvgIpc) is 2.92. The summed E-state index contributed by atoms with van der Waals surface area (Å²) in [6, 6.07) is 3.52. The van der Waals surface area contributed by atoms with Crippen LogP contribution in [-0.2, 0) is 15.7 Å². The Hall–Kier alpha value is -1.96. The quantitative estimate of drug-likeness (QED) is 0.903. The molecule has 1 unspecified atom stereocenters. The molecule has 5 nitrogen and oxygen atoms in total. The fourth-order valence-electron chi connectivity index (χ4n) is 2.34. The van der Waals surface area contributed by atoms with Gasteiger partial charge in [0.1, 0.15) is 12.4 Å². The molecule has 122 valence electrons. The van der Waals surface area contributed by atoms with Gasteiger partial charge in [-0.25, -0.2) is 4.79 Å². The molecular formula is C14H16F3NO4. The second kappa shape index (κ2) is 6.43. The third-order valence-electron chi connectivity index (χ3n) is 3.41. The molecule has 1 atom stereocenters. The molecule has 0 spiro atoms. The summed E-state index contributed by atoms with van der Waals surface area (Å²) < 4.78 is 48.8. The summed E-state index contributed by atoms with van der Waals surface area (Å²) in [6.07, 6.45) is -4.20. The number of rotatable bonds is 5. The normalized spacial score (nSPS) is 18.5. The number of aliphatic carboxylic acids is 1. The van der Waals surface area contributed by atoms with Gasteiger partial charge in [-0.2, -0.15) is 13.2 Å². The molecule has 0 radical (unpaired) electrons. The third kappa shape index (κ3) is 4.03. The van der Waals surface area contributed by atoms with E-state index >= 15 is 0 Å². The molecule has 0 aromatic heterocycles. The van der Waals surface area contributed by atoms with Crippen LogP contribution in [0.5, 0.6) is 5.75 Å². The van der Waals surface area contributed by atoms with Gasteiger partial charge in [0.05, 0.1) is 18.8 Å². The topological polar surface area (TPSA) is 59.0 Å². The molecule has 0 aliphatic carbocycles. The van der Waals surface area contributed by atoms with Crippen LogP contribution in [0.2, 0.25) is 0 Å². The molecule has 2 rings (SSSR count). The highest BCUT2D eigenvalue weighted by Crippen LogP contribution is 2.36. The van der Waals surface area contributed by atoms with E-state index in [-0.39, 0.29) is 11.9 Å². The predicted molar refractivity (Wildman–Crippen MR) is 72.2 cm³/mol. The molecule has 0 amide bonds. The van der Waals surface area contributed by atoms with E-state index in [2.05, 4.69) is 0 Å². The Balaban J connectivity index is 2.14. The van der Waals surface area contributed by atoms with Gasteiger partial charge in [0.15, 0.2) is 0 Å². The number of carboxylic acids is 1. The molecule has 0 saturated carbocycles. The summed E-state index contributed by atoms with van der Waals surface area (Å²) in [5.74, 6) is -0.945. The largest absolute Gasteiger partial charge is 0.497 e. The summed E-state index contributed by atoms with van der Waals surface area (Å²) in [5.41, 5.74) is -0.398. The van der Waals surface area contributed by atoms with Gasteiger partial charge < -0.3 is 19.5 Å². The van der Waals surface area contributed by atoms with E-state index in [4.69, 9.17) is 14.6 Å². The van der Waals surface area contributed by atoms with E-state index in [0.717, 1.165) is 12.1 Å². The first-order chi connectivity index (χ1) is 10.3. The van der Waals surface area contributed by atoms with Crippen LogP contribution in [0.25, 0.3) is 0 Å². The number of benzene rings is 1. The van der Waals surface area contributed by atoms with Gasteiger partial charge in [-0.3, -0.25) is 0 Å². The monoisotopic (exact) mass is 319 g/mol. The summed E-state index contributed by atoms with van der Waals surface area (Å²) in [6.45, 7) is 0.427. The van der Waals surface area contributed by atoms with Crippen molar-refractivity contribution in [1.29, 1.82) is 0 Å². The fourth-order valence-corrected chi connectivity index (χ4v) is 2.34. The zero-order valence-electron chi connectivity index (χ0n) is 11.9. The van der Waals surface area contributed by atoms with Gasteiger partial charge >= 0.3 is 12.1 Å². The Morgan fingerprint density at radius 3 is 2.73 bits per heavy atom. The molecule has 0 bridgehead atoms. The summed E-state index contributed by atoms with van der Waals surface area (Å²) in [4.78, 5) is 12.2. The van der Waals surface area contributed by atoms with Crippen LogP contribution in [0.4, 0.5) is 18.9 Å². The van der Waals surface area contributed by atoms with Crippen LogP contribution in [0, 0.1) is 0 Å². The molecule has 1 aromatic carbocycles. The van der Waals surface area contributed by atoms with E-state index < -0.39 is 24.3 Å². The zero-order chi connectivity index (χ0) is 16.3. The minimum atomic E-state index is -4.46. The maximum atomic E-state index is 12.9. The van der Waals surface area contributed by atoms with Gasteiger partial charge in [0.25, 0.3) is 0 Å². The standard InChI is InChI=1S/C14H16F3NO4/c1-21-12-5-9(14(15,16)17)4-10(6-12)18-3-2-11(7-18)22-8-13(19)20/h4-6,11H,2-3,7-8H2,1H3,(H,19,20). The molecule has 1 aliphatic rings. The summed E-state index contributed by atoms with van der Waals surface area (Å²) in [5, 5.41) is 8.57. The number of anilines is 1. The Morgan fingerprint density at radius 2 is 2.14 bits per heavy atom. The van der Waals surface area contributed by atoms with Crippen molar-refractivity contribution in [2.45, 2.75) is 18.7 Å². The maximum absolute atomic E-state index is 12.9. The number of nitrogens with zero attached hydrogens (tertiary/aromatic N) is 1. The van der Waals surface area contributed by atoms with Crippen molar-refractivity contribution in [2.24, 2.45) is 0 Å². The van der Waals surface area contributed by atoms with Gasteiger partial charge in [-0.05, 0) is 18.6 Å². The van der Waals surface area contributed by atoms with Gasteiger partial charge in [0, 0.05) is 24.8 Å². The number of hydrogen-bond acceptors (Lipinski definition) is 4. The predicted octanol–water partition coefficient (Wildman–Crippen LogP) is 2.39. The lowest BCUT2D eigenvalue weighted by atomic mass is 10.1. The fraction of sp³-hybridized carbons (Fsp3) is 0.500. The van der Waals surface area contributed by atoms with Gasteiger partial charge in [-0.1, -0.05) is 0 Å². The van der Waals surface area contributed by atoms with Crippen molar-refractivity contribution < 1.29 is 32.5 Å². The lowest BCUT2D eigenvalue weighted by Crippen LogP contribution is -2.24. The van der Waals surface area contributed by atoms with Crippen LogP contribution in [-0.4, -0.2) is 44.0 Å². The van der Waals surface area contributed by atoms with Crippen molar-refractivity contribution in [3.8, 4) is 5.75 Å². The number of methoxy groups -OCH3 is 1. The smallest absolute Gasteiger partial charge is 0.416 e. The Bertz CT molecular complexity index is 547. The second-order valence-corrected chi connectivity index (χ2v) is 4.98. The van der Waals surface area contributed by atoms with E-state index in [1.54, 1.807) is 4.90 Å². The van der Waals surface area contributed by atoms with E-state index in [9.17, 15) is 18.0 Å². The summed E-state index contributed by atoms with van der Waals surface area (Å²) >= 11 is 0. The first-order valence-corrected chi connectivity index (χ1v) is 6.64. The number of hydrogen-bond donors (Lipinski definition) is 1. The molecule has 1 fully saturated rings. The molecule has 8 heteroatoms. The van der Waals surface area contributed by atoms with Crippen molar-refractivity contribution in [1.82, 2.24) is 0 Å². The number of halogens is 3. The number of carbonyl (C=O) groups is 1. The van der Waals surface area contributed by atoms with E-state index in [1.807, 2.05) is 0 Å². The SMILES string of the molecule is COc1cc(N2CCC(OCC(=O)O)C2)cc(C(F)(F)F)c1. The molecule has 1 aromatic rings. The number of ether oxygens (including phenoxy) is 2. The lowest BCUT2D eigenvalue weighted by molar-refractivity contribution is -0.144. The molecule has 1 aliphatic heterocycles. The van der Waals surface area contributed by atoms with Crippen LogP contribution in [0.15, 0.2) is 18.2 Å². The average molecular weight is 319 g/mol. The van der Waals surface area contributed by atoms with Crippen molar-refractivity contribution in [3.05, 3.63) is 23.8 Å². The van der Waals surface area contributed by atoms with E-state index in [1.165, 1.54) is 13.2 Å². The van der Waals surface area contributed by atoms with Gasteiger partial charge in [-0.15, -0.1) is 0 Å². The lowest BCUT2D eigenvalue weighted by Gasteiger charge is -2.21. The first-order valence-electron chi connectivity index (χ1n) is 6.64. The molecule has 1 heterocycles. The Morgan fingerprint density at radius 1 is 1.41 bits per heavy atom. The minimum absolute atomic E-state index is 0.125.